The lowest BCUT2D eigenvalue weighted by atomic mass is 10.3. The largest absolute Gasteiger partial charge is 0.393 e. The smallest absolute Gasteiger partial charge is 0.213 e. The maximum Gasteiger partial charge on any atom is 0.213 e. The van der Waals surface area contributed by atoms with E-state index in [-0.39, 0.29) is 5.75 Å². The highest BCUT2D eigenvalue weighted by Crippen LogP contribution is 2.04. The Kier molecular flexibility index (Phi) is 7.08. The minimum atomic E-state index is -3.16. The van der Waals surface area contributed by atoms with Gasteiger partial charge in [0.25, 0.3) is 0 Å². The number of hydrogen-bond acceptors (Lipinski definition) is 4. The molecule has 0 aliphatic heterocycles. The molecule has 0 fully saturated rings. The molecule has 15 heavy (non-hydrogen) atoms. The first kappa shape index (κ1) is 14.8. The maximum absolute atomic E-state index is 11.6. The number of nitrogens with zero attached hydrogens (tertiary/aromatic N) is 1. The van der Waals surface area contributed by atoms with Crippen LogP contribution in [0.1, 0.15) is 26.2 Å². The van der Waals surface area contributed by atoms with Crippen molar-refractivity contribution in [1.29, 1.82) is 0 Å². The summed E-state index contributed by atoms with van der Waals surface area (Å²) < 4.78 is 24.5. The minimum Gasteiger partial charge on any atom is -0.393 e. The Bertz CT molecular complexity index is 252. The van der Waals surface area contributed by atoms with Gasteiger partial charge >= 0.3 is 0 Å². The predicted octanol–water partition coefficient (Wildman–Crippen LogP) is -0.242. The van der Waals surface area contributed by atoms with Crippen LogP contribution in [-0.4, -0.2) is 49.8 Å². The molecule has 0 amide bonds. The molecule has 1 atom stereocenters. The Labute approximate surface area is 92.3 Å². The van der Waals surface area contributed by atoms with Crippen molar-refractivity contribution in [3.05, 3.63) is 0 Å². The van der Waals surface area contributed by atoms with E-state index in [4.69, 9.17) is 10.8 Å². The van der Waals surface area contributed by atoms with Gasteiger partial charge < -0.3 is 10.8 Å². The molecule has 0 radical (unpaired) electrons. The Morgan fingerprint density at radius 1 is 1.40 bits per heavy atom. The third-order valence-corrected chi connectivity index (χ3v) is 4.13. The van der Waals surface area contributed by atoms with Crippen molar-refractivity contribution in [1.82, 2.24) is 4.31 Å². The number of aliphatic hydroxyl groups excluding tert-OH is 1. The molecule has 0 rings (SSSR count). The lowest BCUT2D eigenvalue weighted by molar-refractivity contribution is 0.177. The van der Waals surface area contributed by atoms with Crippen LogP contribution in [0.4, 0.5) is 0 Å². The second-order valence-electron chi connectivity index (χ2n) is 3.77. The van der Waals surface area contributed by atoms with Crippen LogP contribution in [0.5, 0.6) is 0 Å². The van der Waals surface area contributed by atoms with E-state index in [1.165, 1.54) is 4.31 Å². The number of aliphatic hydroxyl groups is 1. The molecule has 0 aromatic rings. The fourth-order valence-corrected chi connectivity index (χ4v) is 2.36. The zero-order valence-electron chi connectivity index (χ0n) is 9.52. The quantitative estimate of drug-likeness (QED) is 0.572. The lowest BCUT2D eigenvalue weighted by Gasteiger charge is -2.17. The van der Waals surface area contributed by atoms with Gasteiger partial charge in [-0.25, -0.2) is 12.7 Å². The van der Waals surface area contributed by atoms with Crippen LogP contribution in [-0.2, 0) is 10.0 Å². The van der Waals surface area contributed by atoms with Crippen LogP contribution < -0.4 is 5.73 Å². The van der Waals surface area contributed by atoms with Gasteiger partial charge in [0.15, 0.2) is 0 Å². The zero-order chi connectivity index (χ0) is 11.9. The minimum absolute atomic E-state index is 0.139. The molecule has 1 unspecified atom stereocenters. The van der Waals surface area contributed by atoms with E-state index in [2.05, 4.69) is 0 Å². The van der Waals surface area contributed by atoms with Crippen molar-refractivity contribution in [2.45, 2.75) is 32.3 Å². The molecule has 0 aromatic carbocycles. The van der Waals surface area contributed by atoms with Gasteiger partial charge in [0.05, 0.1) is 11.9 Å². The van der Waals surface area contributed by atoms with Gasteiger partial charge in [0.1, 0.15) is 0 Å². The summed E-state index contributed by atoms with van der Waals surface area (Å²) >= 11 is 0. The van der Waals surface area contributed by atoms with Crippen LogP contribution in [0.15, 0.2) is 0 Å². The van der Waals surface area contributed by atoms with Gasteiger partial charge in [-0.2, -0.15) is 0 Å². The summed E-state index contributed by atoms with van der Waals surface area (Å²) in [4.78, 5) is 0. The Morgan fingerprint density at radius 3 is 2.47 bits per heavy atom. The third kappa shape index (κ3) is 6.83. The van der Waals surface area contributed by atoms with Crippen molar-refractivity contribution < 1.29 is 13.5 Å². The average Bonchev–Trinajstić information content (AvgIpc) is 2.14. The molecule has 0 aliphatic carbocycles. The summed E-state index contributed by atoms with van der Waals surface area (Å²) in [5.41, 5.74) is 5.29. The second-order valence-corrected chi connectivity index (χ2v) is 5.97. The van der Waals surface area contributed by atoms with E-state index in [0.29, 0.717) is 25.9 Å². The Balaban J connectivity index is 3.97. The third-order valence-electron chi connectivity index (χ3n) is 2.19. The van der Waals surface area contributed by atoms with E-state index < -0.39 is 16.1 Å². The van der Waals surface area contributed by atoms with Gasteiger partial charge in [-0.05, 0) is 32.7 Å². The van der Waals surface area contributed by atoms with Gasteiger partial charge in [-0.15, -0.1) is 0 Å². The molecular weight excluding hydrogens is 216 g/mol. The molecule has 0 bridgehead atoms. The zero-order valence-corrected chi connectivity index (χ0v) is 10.3. The first-order valence-electron chi connectivity index (χ1n) is 5.22. The van der Waals surface area contributed by atoms with Crippen molar-refractivity contribution in [2.24, 2.45) is 5.73 Å². The predicted molar refractivity (Wildman–Crippen MR) is 61.0 cm³/mol. The monoisotopic (exact) mass is 238 g/mol. The van der Waals surface area contributed by atoms with Crippen molar-refractivity contribution in [3.8, 4) is 0 Å². The highest BCUT2D eigenvalue weighted by atomic mass is 32.2. The fourth-order valence-electron chi connectivity index (χ4n) is 1.09. The molecule has 0 spiro atoms. The molecule has 5 nitrogen and oxygen atoms in total. The summed E-state index contributed by atoms with van der Waals surface area (Å²) in [5.74, 6) is 0.139. The van der Waals surface area contributed by atoms with E-state index in [0.717, 1.165) is 6.42 Å². The summed E-state index contributed by atoms with van der Waals surface area (Å²) in [5, 5.41) is 9.04. The Hall–Kier alpha value is -0.170. The summed E-state index contributed by atoms with van der Waals surface area (Å²) in [6, 6.07) is 0. The molecule has 0 saturated heterocycles. The standard InChI is InChI=1S/C9H22N2O3S/c1-9(12)5-7-11(2)15(13,14)8-4-3-6-10/h9,12H,3-8,10H2,1-2H3. The van der Waals surface area contributed by atoms with E-state index in [9.17, 15) is 8.42 Å². The Morgan fingerprint density at radius 2 is 2.00 bits per heavy atom. The molecule has 0 heterocycles. The first-order valence-corrected chi connectivity index (χ1v) is 6.83. The molecule has 0 saturated carbocycles. The highest BCUT2D eigenvalue weighted by molar-refractivity contribution is 7.89. The SMILES string of the molecule is CC(O)CCN(C)S(=O)(=O)CCCCN. The fraction of sp³-hybridized carbons (Fsp3) is 1.00. The maximum atomic E-state index is 11.6. The first-order chi connectivity index (χ1) is 6.90. The van der Waals surface area contributed by atoms with Gasteiger partial charge in [-0.1, -0.05) is 0 Å². The van der Waals surface area contributed by atoms with Gasteiger partial charge in [-0.3, -0.25) is 0 Å². The highest BCUT2D eigenvalue weighted by Gasteiger charge is 2.17. The van der Waals surface area contributed by atoms with E-state index in [1.54, 1.807) is 14.0 Å². The van der Waals surface area contributed by atoms with Crippen LogP contribution in [0.2, 0.25) is 0 Å². The number of rotatable bonds is 8. The van der Waals surface area contributed by atoms with Crippen LogP contribution in [0, 0.1) is 0 Å². The number of sulfonamides is 1. The topological polar surface area (TPSA) is 83.6 Å². The van der Waals surface area contributed by atoms with Gasteiger partial charge in [0.2, 0.25) is 10.0 Å². The van der Waals surface area contributed by atoms with E-state index >= 15 is 0 Å². The normalized spacial score (nSPS) is 14.5. The van der Waals surface area contributed by atoms with Crippen LogP contribution in [0.3, 0.4) is 0 Å². The van der Waals surface area contributed by atoms with Crippen LogP contribution in [0.25, 0.3) is 0 Å². The molecule has 92 valence electrons. The van der Waals surface area contributed by atoms with E-state index in [1.807, 2.05) is 0 Å². The van der Waals surface area contributed by atoms with Crippen molar-refractivity contribution >= 4 is 10.0 Å². The molecule has 3 N–H and O–H groups in total. The summed E-state index contributed by atoms with van der Waals surface area (Å²) in [7, 11) is -1.62. The number of unbranched alkanes of at least 4 members (excludes halogenated alkanes) is 1. The molecule has 6 heteroatoms. The van der Waals surface area contributed by atoms with Crippen molar-refractivity contribution in [2.75, 3.05) is 25.9 Å². The number of nitrogens with two attached hydrogens (primary N) is 1. The average molecular weight is 238 g/mol. The molecule has 0 aromatic heterocycles. The second kappa shape index (κ2) is 7.16. The van der Waals surface area contributed by atoms with Crippen LogP contribution >= 0.6 is 0 Å². The summed E-state index contributed by atoms with van der Waals surface area (Å²) in [6.45, 7) is 2.53. The van der Waals surface area contributed by atoms with Gasteiger partial charge in [0, 0.05) is 13.6 Å². The summed E-state index contributed by atoms with van der Waals surface area (Å²) in [6.07, 6.45) is 1.32. The van der Waals surface area contributed by atoms with Crippen molar-refractivity contribution in [3.63, 3.8) is 0 Å². The molecule has 0 aliphatic rings. The number of hydrogen-bond donors (Lipinski definition) is 2. The lowest BCUT2D eigenvalue weighted by Crippen LogP contribution is -2.31. The molecular formula is C9H22N2O3S.